The van der Waals surface area contributed by atoms with Crippen molar-refractivity contribution in [2.24, 2.45) is 0 Å². The predicted octanol–water partition coefficient (Wildman–Crippen LogP) is 3.31. The molecular formula is C19H22N2O4. The lowest BCUT2D eigenvalue weighted by Crippen LogP contribution is -2.23. The molecule has 0 aliphatic carbocycles. The molecule has 132 valence electrons. The molecule has 1 amide bonds. The number of benzene rings is 2. The first-order chi connectivity index (χ1) is 12.0. The number of amides is 1. The molecule has 0 spiro atoms. The number of hydrogen-bond donors (Lipinski definition) is 2. The van der Waals surface area contributed by atoms with E-state index >= 15 is 0 Å². The highest BCUT2D eigenvalue weighted by molar-refractivity contribution is 6.02. The van der Waals surface area contributed by atoms with Crippen molar-refractivity contribution in [3.8, 4) is 5.75 Å². The molecule has 0 aromatic heterocycles. The van der Waals surface area contributed by atoms with Gasteiger partial charge in [-0.25, -0.2) is 4.79 Å². The molecular weight excluding hydrogens is 320 g/mol. The summed E-state index contributed by atoms with van der Waals surface area (Å²) in [4.78, 5) is 23.8. The number of anilines is 2. The standard InChI is InChI=1S/C19H22N2O4/c1-13(2)25-15-10-8-14(9-11-15)20-12-18(22)21-17-7-5-4-6-16(17)19(23)24-3/h4-11,13,20H,12H2,1-3H3,(H,21,22). The number of rotatable bonds is 7. The lowest BCUT2D eigenvalue weighted by atomic mass is 10.2. The number of carbonyl (C=O) groups excluding carboxylic acids is 2. The van der Waals surface area contributed by atoms with Crippen LogP contribution in [0.1, 0.15) is 24.2 Å². The van der Waals surface area contributed by atoms with Crippen molar-refractivity contribution >= 4 is 23.3 Å². The van der Waals surface area contributed by atoms with Gasteiger partial charge in [-0.3, -0.25) is 4.79 Å². The van der Waals surface area contributed by atoms with E-state index in [1.54, 1.807) is 24.3 Å². The zero-order valence-corrected chi connectivity index (χ0v) is 14.5. The van der Waals surface area contributed by atoms with E-state index in [-0.39, 0.29) is 18.6 Å². The molecule has 6 nitrogen and oxygen atoms in total. The van der Waals surface area contributed by atoms with E-state index < -0.39 is 5.97 Å². The van der Waals surface area contributed by atoms with Gasteiger partial charge >= 0.3 is 5.97 Å². The molecule has 0 saturated carbocycles. The van der Waals surface area contributed by atoms with Crippen molar-refractivity contribution < 1.29 is 19.1 Å². The van der Waals surface area contributed by atoms with Gasteiger partial charge in [0, 0.05) is 5.69 Å². The summed E-state index contributed by atoms with van der Waals surface area (Å²) in [5, 5.41) is 5.73. The van der Waals surface area contributed by atoms with Crippen molar-refractivity contribution in [2.75, 3.05) is 24.3 Å². The smallest absolute Gasteiger partial charge is 0.339 e. The van der Waals surface area contributed by atoms with Gasteiger partial charge in [-0.2, -0.15) is 0 Å². The van der Waals surface area contributed by atoms with Gasteiger partial charge in [0.1, 0.15) is 5.75 Å². The van der Waals surface area contributed by atoms with Crippen molar-refractivity contribution in [1.82, 2.24) is 0 Å². The SMILES string of the molecule is COC(=O)c1ccccc1NC(=O)CNc1ccc(OC(C)C)cc1. The maximum Gasteiger partial charge on any atom is 0.339 e. The summed E-state index contributed by atoms with van der Waals surface area (Å²) in [5.41, 5.74) is 1.53. The third-order valence-corrected chi connectivity index (χ3v) is 3.29. The molecule has 0 heterocycles. The summed E-state index contributed by atoms with van der Waals surface area (Å²) in [7, 11) is 1.30. The van der Waals surface area contributed by atoms with Crippen molar-refractivity contribution in [3.63, 3.8) is 0 Å². The van der Waals surface area contributed by atoms with Crippen LogP contribution in [0.15, 0.2) is 48.5 Å². The lowest BCUT2D eigenvalue weighted by molar-refractivity contribution is -0.114. The summed E-state index contributed by atoms with van der Waals surface area (Å²) < 4.78 is 10.3. The van der Waals surface area contributed by atoms with Gasteiger partial charge in [-0.15, -0.1) is 0 Å². The maximum absolute atomic E-state index is 12.1. The molecule has 2 N–H and O–H groups in total. The topological polar surface area (TPSA) is 76.7 Å². The van der Waals surface area contributed by atoms with E-state index in [0.717, 1.165) is 11.4 Å². The van der Waals surface area contributed by atoms with Gasteiger partial charge in [-0.1, -0.05) is 12.1 Å². The van der Waals surface area contributed by atoms with Crippen molar-refractivity contribution in [2.45, 2.75) is 20.0 Å². The van der Waals surface area contributed by atoms with Crippen LogP contribution in [0.25, 0.3) is 0 Å². The zero-order chi connectivity index (χ0) is 18.2. The van der Waals surface area contributed by atoms with Gasteiger partial charge < -0.3 is 20.1 Å². The predicted molar refractivity (Wildman–Crippen MR) is 97.1 cm³/mol. The quantitative estimate of drug-likeness (QED) is 0.755. The number of para-hydroxylation sites is 1. The Labute approximate surface area is 147 Å². The van der Waals surface area contributed by atoms with E-state index in [1.165, 1.54) is 7.11 Å². The van der Waals surface area contributed by atoms with Gasteiger partial charge in [0.05, 0.1) is 31.0 Å². The van der Waals surface area contributed by atoms with E-state index in [0.29, 0.717) is 11.3 Å². The Morgan fingerprint density at radius 1 is 1.04 bits per heavy atom. The van der Waals surface area contributed by atoms with Gasteiger partial charge in [0.25, 0.3) is 0 Å². The highest BCUT2D eigenvalue weighted by Crippen LogP contribution is 2.18. The zero-order valence-electron chi connectivity index (χ0n) is 14.5. The molecule has 0 aliphatic heterocycles. The minimum atomic E-state index is -0.496. The van der Waals surface area contributed by atoms with Crippen LogP contribution in [0.3, 0.4) is 0 Å². The Hall–Kier alpha value is -3.02. The summed E-state index contributed by atoms with van der Waals surface area (Å²) >= 11 is 0. The molecule has 0 atom stereocenters. The highest BCUT2D eigenvalue weighted by atomic mass is 16.5. The normalized spacial score (nSPS) is 10.2. The second-order valence-electron chi connectivity index (χ2n) is 5.63. The summed E-state index contributed by atoms with van der Waals surface area (Å²) in [6.07, 6.45) is 0.111. The molecule has 2 aromatic rings. The number of ether oxygens (including phenoxy) is 2. The fraction of sp³-hybridized carbons (Fsp3) is 0.263. The van der Waals surface area contributed by atoms with Crippen LogP contribution in [0.2, 0.25) is 0 Å². The molecule has 0 unspecified atom stereocenters. The summed E-state index contributed by atoms with van der Waals surface area (Å²) in [6.45, 7) is 3.99. The van der Waals surface area contributed by atoms with Crippen LogP contribution in [-0.2, 0) is 9.53 Å². The van der Waals surface area contributed by atoms with Gasteiger partial charge in [0.15, 0.2) is 0 Å². The van der Waals surface area contributed by atoms with Crippen LogP contribution >= 0.6 is 0 Å². The minimum absolute atomic E-state index is 0.0693. The number of methoxy groups -OCH3 is 1. The van der Waals surface area contributed by atoms with Gasteiger partial charge in [0.2, 0.25) is 5.91 Å². The molecule has 6 heteroatoms. The Bertz CT molecular complexity index is 726. The molecule has 0 aliphatic rings. The Balaban J connectivity index is 1.92. The fourth-order valence-electron chi connectivity index (χ4n) is 2.18. The lowest BCUT2D eigenvalue weighted by Gasteiger charge is -2.12. The van der Waals surface area contributed by atoms with Crippen molar-refractivity contribution in [1.29, 1.82) is 0 Å². The van der Waals surface area contributed by atoms with Gasteiger partial charge in [-0.05, 0) is 50.2 Å². The molecule has 2 aromatic carbocycles. The molecule has 2 rings (SSSR count). The first-order valence-corrected chi connectivity index (χ1v) is 7.97. The molecule has 0 radical (unpaired) electrons. The second kappa shape index (κ2) is 8.73. The van der Waals surface area contributed by atoms with E-state index in [1.807, 2.05) is 38.1 Å². The number of carbonyl (C=O) groups is 2. The average Bonchev–Trinajstić information content (AvgIpc) is 2.60. The van der Waals surface area contributed by atoms with Crippen LogP contribution in [0.5, 0.6) is 5.75 Å². The van der Waals surface area contributed by atoms with E-state index in [4.69, 9.17) is 9.47 Å². The van der Waals surface area contributed by atoms with Crippen LogP contribution in [0, 0.1) is 0 Å². The highest BCUT2D eigenvalue weighted by Gasteiger charge is 2.13. The molecule has 0 bridgehead atoms. The minimum Gasteiger partial charge on any atom is -0.491 e. The monoisotopic (exact) mass is 342 g/mol. The van der Waals surface area contributed by atoms with Crippen LogP contribution in [0.4, 0.5) is 11.4 Å². The van der Waals surface area contributed by atoms with E-state index in [2.05, 4.69) is 10.6 Å². The Kier molecular flexibility index (Phi) is 6.39. The Morgan fingerprint density at radius 3 is 2.36 bits per heavy atom. The molecule has 0 fully saturated rings. The third-order valence-electron chi connectivity index (χ3n) is 3.29. The largest absolute Gasteiger partial charge is 0.491 e. The van der Waals surface area contributed by atoms with E-state index in [9.17, 15) is 9.59 Å². The van der Waals surface area contributed by atoms with Crippen LogP contribution in [-0.4, -0.2) is 31.6 Å². The number of esters is 1. The fourth-order valence-corrected chi connectivity index (χ4v) is 2.18. The maximum atomic E-state index is 12.1. The first-order valence-electron chi connectivity index (χ1n) is 7.97. The number of nitrogens with one attached hydrogen (secondary N) is 2. The summed E-state index contributed by atoms with van der Waals surface area (Å²) in [6, 6.07) is 14.1. The third kappa shape index (κ3) is 5.53. The first kappa shape index (κ1) is 18.3. The van der Waals surface area contributed by atoms with Crippen molar-refractivity contribution in [3.05, 3.63) is 54.1 Å². The summed E-state index contributed by atoms with van der Waals surface area (Å²) in [5.74, 6) is 0.0143. The Morgan fingerprint density at radius 2 is 1.72 bits per heavy atom. The van der Waals surface area contributed by atoms with Crippen LogP contribution < -0.4 is 15.4 Å². The number of hydrogen-bond acceptors (Lipinski definition) is 5. The molecule has 25 heavy (non-hydrogen) atoms. The molecule has 0 saturated heterocycles. The second-order valence-corrected chi connectivity index (χ2v) is 5.63. The average molecular weight is 342 g/mol.